The number of aryl methyl sites for hydroxylation is 1. The molecule has 10 heteroatoms. The average molecular weight is 501 g/mol. The third-order valence-electron chi connectivity index (χ3n) is 6.70. The van der Waals surface area contributed by atoms with Crippen molar-refractivity contribution < 1.29 is 9.53 Å². The molecular weight excluding hydrogens is 472 g/mol. The minimum atomic E-state index is 0.100. The van der Waals surface area contributed by atoms with Gasteiger partial charge in [-0.05, 0) is 50.1 Å². The highest BCUT2D eigenvalue weighted by Crippen LogP contribution is 2.30. The van der Waals surface area contributed by atoms with Crippen LogP contribution < -0.4 is 9.64 Å². The van der Waals surface area contributed by atoms with Crippen LogP contribution in [0.5, 0.6) is 5.75 Å². The Bertz CT molecular complexity index is 1120. The van der Waals surface area contributed by atoms with E-state index in [0.29, 0.717) is 17.5 Å². The van der Waals surface area contributed by atoms with E-state index in [1.54, 1.807) is 0 Å². The number of hydrogen-bond donors (Lipinski definition) is 0. The first-order chi connectivity index (χ1) is 16.6. The summed E-state index contributed by atoms with van der Waals surface area (Å²) in [5, 5.41) is 0.709. The summed E-state index contributed by atoms with van der Waals surface area (Å²) < 4.78 is 14.6. The third-order valence-corrected chi connectivity index (χ3v) is 7.47. The van der Waals surface area contributed by atoms with E-state index in [4.69, 9.17) is 16.3 Å². The molecule has 1 amide bonds. The molecule has 0 radical (unpaired) electrons. The van der Waals surface area contributed by atoms with Crippen molar-refractivity contribution in [2.45, 2.75) is 19.8 Å². The zero-order valence-electron chi connectivity index (χ0n) is 19.3. The van der Waals surface area contributed by atoms with E-state index in [9.17, 15) is 4.79 Å². The standard InChI is InChI=1S/C24H29ClN6O2S/c1-17-16-21(22-23(26-17)28-34-27-22)30-8-6-18(7-9-30)24(32)31-12-10-29(11-13-31)14-15-33-20-4-2-19(25)3-5-20/h2-5,16,18H,6-15H2,1H3. The molecule has 2 aromatic heterocycles. The maximum absolute atomic E-state index is 13.2. The molecule has 0 unspecified atom stereocenters. The summed E-state index contributed by atoms with van der Waals surface area (Å²) in [6.45, 7) is 8.53. The lowest BCUT2D eigenvalue weighted by molar-refractivity contribution is -0.138. The van der Waals surface area contributed by atoms with E-state index in [-0.39, 0.29) is 5.92 Å². The minimum absolute atomic E-state index is 0.100. The first kappa shape index (κ1) is 23.3. The number of halogens is 1. The number of fused-ring (bicyclic) bond motifs is 1. The number of rotatable bonds is 6. The molecular formula is C24H29ClN6O2S. The second kappa shape index (κ2) is 10.4. The molecule has 180 valence electrons. The van der Waals surface area contributed by atoms with Gasteiger partial charge in [0, 0.05) is 62.4 Å². The van der Waals surface area contributed by atoms with Crippen LogP contribution in [0.15, 0.2) is 30.3 Å². The molecule has 0 bridgehead atoms. The van der Waals surface area contributed by atoms with Crippen molar-refractivity contribution in [3.05, 3.63) is 41.0 Å². The fraction of sp³-hybridized carbons (Fsp3) is 0.500. The van der Waals surface area contributed by atoms with Crippen LogP contribution >= 0.6 is 23.3 Å². The summed E-state index contributed by atoms with van der Waals surface area (Å²) in [7, 11) is 0. The fourth-order valence-corrected chi connectivity index (χ4v) is 5.39. The van der Waals surface area contributed by atoms with Crippen molar-refractivity contribution in [1.82, 2.24) is 23.5 Å². The fourth-order valence-electron chi connectivity index (χ4n) is 4.77. The number of nitrogens with zero attached hydrogens (tertiary/aromatic N) is 6. The molecule has 8 nitrogen and oxygen atoms in total. The van der Waals surface area contributed by atoms with Crippen LogP contribution in [0, 0.1) is 12.8 Å². The van der Waals surface area contributed by atoms with E-state index < -0.39 is 0 Å². The monoisotopic (exact) mass is 500 g/mol. The number of anilines is 1. The Morgan fingerprint density at radius 1 is 1.09 bits per heavy atom. The zero-order valence-corrected chi connectivity index (χ0v) is 20.9. The number of piperazine rings is 1. The summed E-state index contributed by atoms with van der Waals surface area (Å²) in [5.41, 5.74) is 3.63. The van der Waals surface area contributed by atoms with Crippen molar-refractivity contribution in [3.8, 4) is 5.75 Å². The number of pyridine rings is 1. The number of aromatic nitrogens is 3. The van der Waals surface area contributed by atoms with Crippen molar-refractivity contribution in [3.63, 3.8) is 0 Å². The summed E-state index contributed by atoms with van der Waals surface area (Å²) in [4.78, 5) is 24.4. The second-order valence-electron chi connectivity index (χ2n) is 8.95. The van der Waals surface area contributed by atoms with Crippen LogP contribution in [-0.2, 0) is 4.79 Å². The Hall–Kier alpha value is -2.49. The number of amides is 1. The minimum Gasteiger partial charge on any atom is -0.492 e. The summed E-state index contributed by atoms with van der Waals surface area (Å²) in [6, 6.07) is 9.52. The van der Waals surface area contributed by atoms with Gasteiger partial charge < -0.3 is 14.5 Å². The highest BCUT2D eigenvalue weighted by atomic mass is 35.5. The van der Waals surface area contributed by atoms with E-state index >= 15 is 0 Å². The van der Waals surface area contributed by atoms with E-state index in [2.05, 4.69) is 34.5 Å². The Morgan fingerprint density at radius 2 is 1.82 bits per heavy atom. The van der Waals surface area contributed by atoms with Crippen molar-refractivity contribution in [1.29, 1.82) is 0 Å². The van der Waals surface area contributed by atoms with Gasteiger partial charge in [0.1, 0.15) is 17.9 Å². The van der Waals surface area contributed by atoms with Crippen LogP contribution in [0.3, 0.4) is 0 Å². The van der Waals surface area contributed by atoms with Gasteiger partial charge in [0.2, 0.25) is 5.91 Å². The third kappa shape index (κ3) is 5.26. The van der Waals surface area contributed by atoms with Gasteiger partial charge in [-0.1, -0.05) is 11.6 Å². The Morgan fingerprint density at radius 3 is 2.56 bits per heavy atom. The lowest BCUT2D eigenvalue weighted by atomic mass is 9.94. The van der Waals surface area contributed by atoms with Gasteiger partial charge in [-0.2, -0.15) is 8.75 Å². The Kier molecular flexibility index (Phi) is 7.12. The maximum Gasteiger partial charge on any atom is 0.225 e. The van der Waals surface area contributed by atoms with Gasteiger partial charge >= 0.3 is 0 Å². The summed E-state index contributed by atoms with van der Waals surface area (Å²) in [5.74, 6) is 1.24. The Balaban J connectivity index is 1.07. The van der Waals surface area contributed by atoms with Gasteiger partial charge in [0.15, 0.2) is 5.65 Å². The molecule has 4 heterocycles. The van der Waals surface area contributed by atoms with Crippen LogP contribution in [0.4, 0.5) is 5.69 Å². The van der Waals surface area contributed by atoms with Crippen LogP contribution in [0.2, 0.25) is 5.02 Å². The van der Waals surface area contributed by atoms with Gasteiger partial charge in [-0.3, -0.25) is 9.69 Å². The normalized spacial score (nSPS) is 17.9. The zero-order chi connectivity index (χ0) is 23.5. The lowest BCUT2D eigenvalue weighted by Crippen LogP contribution is -2.52. The largest absolute Gasteiger partial charge is 0.492 e. The molecule has 5 rings (SSSR count). The van der Waals surface area contributed by atoms with E-state index in [0.717, 1.165) is 86.9 Å². The van der Waals surface area contributed by atoms with Crippen LogP contribution in [-0.4, -0.2) is 81.9 Å². The first-order valence-corrected chi connectivity index (χ1v) is 12.9. The molecule has 2 saturated heterocycles. The smallest absolute Gasteiger partial charge is 0.225 e. The van der Waals surface area contributed by atoms with Gasteiger partial charge in [0.05, 0.1) is 17.4 Å². The quantitative estimate of drug-likeness (QED) is 0.513. The van der Waals surface area contributed by atoms with Crippen molar-refractivity contribution in [2.75, 3.05) is 57.3 Å². The number of ether oxygens (including phenoxy) is 1. The summed E-state index contributed by atoms with van der Waals surface area (Å²) in [6.07, 6.45) is 1.74. The van der Waals surface area contributed by atoms with E-state index in [1.807, 2.05) is 31.2 Å². The highest BCUT2D eigenvalue weighted by molar-refractivity contribution is 7.00. The molecule has 34 heavy (non-hydrogen) atoms. The first-order valence-electron chi connectivity index (χ1n) is 11.8. The molecule has 3 aromatic rings. The van der Waals surface area contributed by atoms with Gasteiger partial charge in [0.25, 0.3) is 0 Å². The number of piperidine rings is 1. The number of carbonyl (C=O) groups excluding carboxylic acids is 1. The van der Waals surface area contributed by atoms with Crippen molar-refractivity contribution in [2.24, 2.45) is 5.92 Å². The average Bonchev–Trinajstić information content (AvgIpc) is 3.33. The topological polar surface area (TPSA) is 74.7 Å². The van der Waals surface area contributed by atoms with Crippen molar-refractivity contribution >= 4 is 46.1 Å². The maximum atomic E-state index is 13.2. The van der Waals surface area contributed by atoms with Gasteiger partial charge in [-0.25, -0.2) is 4.98 Å². The predicted molar refractivity (Wildman–Crippen MR) is 135 cm³/mol. The predicted octanol–water partition coefficient (Wildman–Crippen LogP) is 3.49. The number of benzene rings is 1. The molecule has 2 aliphatic heterocycles. The lowest BCUT2D eigenvalue weighted by Gasteiger charge is -2.39. The number of carbonyl (C=O) groups is 1. The molecule has 0 atom stereocenters. The SMILES string of the molecule is Cc1cc(N2CCC(C(=O)N3CCN(CCOc4ccc(Cl)cc4)CC3)CC2)c2nsnc2n1. The van der Waals surface area contributed by atoms with Crippen LogP contribution in [0.25, 0.3) is 11.2 Å². The van der Waals surface area contributed by atoms with E-state index in [1.165, 1.54) is 11.7 Å². The molecule has 0 N–H and O–H groups in total. The molecule has 0 saturated carbocycles. The van der Waals surface area contributed by atoms with Gasteiger partial charge in [-0.15, -0.1) is 0 Å². The highest BCUT2D eigenvalue weighted by Gasteiger charge is 2.31. The molecule has 0 aliphatic carbocycles. The summed E-state index contributed by atoms with van der Waals surface area (Å²) >= 11 is 7.12. The molecule has 2 aliphatic rings. The second-order valence-corrected chi connectivity index (χ2v) is 9.91. The molecule has 0 spiro atoms. The molecule has 1 aromatic carbocycles. The molecule has 2 fully saturated rings. The Labute approximate surface area is 208 Å². The van der Waals surface area contributed by atoms with Crippen LogP contribution in [0.1, 0.15) is 18.5 Å². The number of hydrogen-bond acceptors (Lipinski definition) is 8.